The van der Waals surface area contributed by atoms with Crippen molar-refractivity contribution in [2.75, 3.05) is 6.61 Å². The summed E-state index contributed by atoms with van der Waals surface area (Å²) in [6.45, 7) is 2.55. The SMILES string of the molecule is CCCCOC(=O)N/C=C/I. The monoisotopic (exact) mass is 269 g/mol. The van der Waals surface area contributed by atoms with Gasteiger partial charge in [0.15, 0.2) is 0 Å². The smallest absolute Gasteiger partial charge is 0.411 e. The molecular weight excluding hydrogens is 257 g/mol. The van der Waals surface area contributed by atoms with Crippen molar-refractivity contribution in [3.63, 3.8) is 0 Å². The minimum Gasteiger partial charge on any atom is -0.449 e. The number of hydrogen-bond acceptors (Lipinski definition) is 2. The molecule has 3 nitrogen and oxygen atoms in total. The summed E-state index contributed by atoms with van der Waals surface area (Å²) in [4.78, 5) is 10.7. The second-order valence-electron chi connectivity index (χ2n) is 1.93. The van der Waals surface area contributed by atoms with E-state index in [4.69, 9.17) is 4.74 Å². The van der Waals surface area contributed by atoms with Crippen molar-refractivity contribution < 1.29 is 9.53 Å². The Hall–Kier alpha value is -0.260. The van der Waals surface area contributed by atoms with Crippen LogP contribution in [0.3, 0.4) is 0 Å². The molecular formula is C7H12INO2. The van der Waals surface area contributed by atoms with Gasteiger partial charge in [-0.1, -0.05) is 35.9 Å². The van der Waals surface area contributed by atoms with Crippen molar-refractivity contribution in [2.45, 2.75) is 19.8 Å². The van der Waals surface area contributed by atoms with Crippen molar-refractivity contribution in [3.05, 3.63) is 10.3 Å². The molecule has 0 aromatic rings. The van der Waals surface area contributed by atoms with Crippen molar-refractivity contribution >= 4 is 28.7 Å². The Bertz CT molecular complexity index is 136. The Morgan fingerprint density at radius 3 is 3.00 bits per heavy atom. The molecule has 0 saturated heterocycles. The van der Waals surface area contributed by atoms with E-state index in [2.05, 4.69) is 5.32 Å². The van der Waals surface area contributed by atoms with Crippen LogP contribution in [-0.2, 0) is 4.74 Å². The molecule has 0 unspecified atom stereocenters. The van der Waals surface area contributed by atoms with E-state index < -0.39 is 0 Å². The summed E-state index contributed by atoms with van der Waals surface area (Å²) < 4.78 is 6.49. The van der Waals surface area contributed by atoms with Gasteiger partial charge in [-0.25, -0.2) is 4.79 Å². The Kier molecular flexibility index (Phi) is 7.66. The summed E-state index contributed by atoms with van der Waals surface area (Å²) in [6, 6.07) is 0. The lowest BCUT2D eigenvalue weighted by Crippen LogP contribution is -2.18. The Morgan fingerprint density at radius 1 is 1.73 bits per heavy atom. The fourth-order valence-corrected chi connectivity index (χ4v) is 0.630. The molecule has 0 rings (SSSR count). The number of halogens is 1. The van der Waals surface area contributed by atoms with Crippen LogP contribution in [0.5, 0.6) is 0 Å². The van der Waals surface area contributed by atoms with Crippen molar-refractivity contribution in [1.82, 2.24) is 5.32 Å². The van der Waals surface area contributed by atoms with Gasteiger partial charge >= 0.3 is 6.09 Å². The molecule has 0 aliphatic carbocycles. The Labute approximate surface area is 80.3 Å². The molecule has 11 heavy (non-hydrogen) atoms. The van der Waals surface area contributed by atoms with Gasteiger partial charge in [0.05, 0.1) is 6.61 Å². The molecule has 0 heterocycles. The predicted octanol–water partition coefficient (Wildman–Crippen LogP) is 2.42. The maximum atomic E-state index is 10.7. The summed E-state index contributed by atoms with van der Waals surface area (Å²) in [5.74, 6) is 0. The fraction of sp³-hybridized carbons (Fsp3) is 0.571. The highest BCUT2D eigenvalue weighted by Gasteiger charge is 1.95. The van der Waals surface area contributed by atoms with Gasteiger partial charge in [0.1, 0.15) is 0 Å². The van der Waals surface area contributed by atoms with Crippen LogP contribution in [0.1, 0.15) is 19.8 Å². The first kappa shape index (κ1) is 10.7. The molecule has 64 valence electrons. The molecule has 0 aliphatic heterocycles. The summed E-state index contributed by atoms with van der Waals surface area (Å²) in [6.07, 6.45) is 3.11. The van der Waals surface area contributed by atoms with Gasteiger partial charge in [-0.15, -0.1) is 0 Å². The third kappa shape index (κ3) is 7.64. The minimum atomic E-state index is -0.383. The standard InChI is InChI=1S/C7H12INO2/c1-2-3-6-11-7(10)9-5-4-8/h4-5H,2-3,6H2,1H3,(H,9,10)/b5-4+. The van der Waals surface area contributed by atoms with E-state index >= 15 is 0 Å². The average Bonchev–Trinajstić information content (AvgIpc) is 2.01. The molecule has 1 amide bonds. The highest BCUT2D eigenvalue weighted by atomic mass is 127. The number of carbonyl (C=O) groups is 1. The molecule has 0 bridgehead atoms. The number of amides is 1. The number of ether oxygens (including phenoxy) is 1. The second-order valence-corrected chi connectivity index (χ2v) is 2.65. The third-order valence-electron chi connectivity index (χ3n) is 0.995. The highest BCUT2D eigenvalue weighted by Crippen LogP contribution is 1.88. The molecule has 0 fully saturated rings. The van der Waals surface area contributed by atoms with Crippen LogP contribution in [0.2, 0.25) is 0 Å². The number of carbonyl (C=O) groups excluding carboxylic acids is 1. The zero-order chi connectivity index (χ0) is 8.53. The Balaban J connectivity index is 3.23. The van der Waals surface area contributed by atoms with E-state index in [1.807, 2.05) is 29.5 Å². The predicted molar refractivity (Wildman–Crippen MR) is 52.6 cm³/mol. The summed E-state index contributed by atoms with van der Waals surface area (Å²) >= 11 is 2.02. The molecule has 0 aromatic heterocycles. The van der Waals surface area contributed by atoms with Crippen LogP contribution >= 0.6 is 22.6 Å². The first-order chi connectivity index (χ1) is 5.31. The van der Waals surface area contributed by atoms with Crippen molar-refractivity contribution in [3.8, 4) is 0 Å². The fourth-order valence-electron chi connectivity index (χ4n) is 0.450. The minimum absolute atomic E-state index is 0.383. The number of nitrogens with one attached hydrogen (secondary N) is 1. The zero-order valence-electron chi connectivity index (χ0n) is 6.47. The molecule has 4 heteroatoms. The lowest BCUT2D eigenvalue weighted by atomic mass is 10.4. The van der Waals surface area contributed by atoms with Crippen LogP contribution < -0.4 is 5.32 Å². The average molecular weight is 269 g/mol. The van der Waals surface area contributed by atoms with Crippen molar-refractivity contribution in [2.24, 2.45) is 0 Å². The van der Waals surface area contributed by atoms with Gasteiger partial charge in [-0.05, 0) is 10.5 Å². The van der Waals surface area contributed by atoms with E-state index in [1.165, 1.54) is 6.20 Å². The van der Waals surface area contributed by atoms with E-state index in [1.54, 1.807) is 4.08 Å². The van der Waals surface area contributed by atoms with Crippen LogP contribution in [0.15, 0.2) is 10.3 Å². The molecule has 0 aromatic carbocycles. The molecule has 0 saturated carbocycles. The van der Waals surface area contributed by atoms with E-state index in [0.717, 1.165) is 12.8 Å². The molecule has 0 spiro atoms. The normalized spacial score (nSPS) is 10.0. The van der Waals surface area contributed by atoms with E-state index in [0.29, 0.717) is 6.61 Å². The number of alkyl carbamates (subject to hydrolysis) is 1. The Morgan fingerprint density at radius 2 is 2.45 bits per heavy atom. The van der Waals surface area contributed by atoms with Crippen LogP contribution in [0.4, 0.5) is 4.79 Å². The van der Waals surface area contributed by atoms with Crippen LogP contribution in [0, 0.1) is 0 Å². The highest BCUT2D eigenvalue weighted by molar-refractivity contribution is 14.1. The third-order valence-corrected chi connectivity index (χ3v) is 1.35. The number of unbranched alkanes of at least 4 members (excludes halogenated alkanes) is 1. The van der Waals surface area contributed by atoms with Gasteiger partial charge in [-0.3, -0.25) is 5.32 Å². The number of hydrogen-bond donors (Lipinski definition) is 1. The van der Waals surface area contributed by atoms with E-state index in [9.17, 15) is 4.79 Å². The largest absolute Gasteiger partial charge is 0.449 e. The summed E-state index contributed by atoms with van der Waals surface area (Å²) in [7, 11) is 0. The summed E-state index contributed by atoms with van der Waals surface area (Å²) in [5.41, 5.74) is 0. The second kappa shape index (κ2) is 7.84. The lowest BCUT2D eigenvalue weighted by Gasteiger charge is -2.01. The molecule has 1 N–H and O–H groups in total. The molecule has 0 aliphatic rings. The lowest BCUT2D eigenvalue weighted by molar-refractivity contribution is 0.148. The molecule has 0 atom stereocenters. The maximum Gasteiger partial charge on any atom is 0.411 e. The van der Waals surface area contributed by atoms with Gasteiger partial charge in [-0.2, -0.15) is 0 Å². The van der Waals surface area contributed by atoms with Gasteiger partial charge in [0, 0.05) is 6.20 Å². The van der Waals surface area contributed by atoms with Crippen LogP contribution in [0.25, 0.3) is 0 Å². The van der Waals surface area contributed by atoms with Crippen molar-refractivity contribution in [1.29, 1.82) is 0 Å². The van der Waals surface area contributed by atoms with Gasteiger partial charge < -0.3 is 4.74 Å². The van der Waals surface area contributed by atoms with Gasteiger partial charge in [0.25, 0.3) is 0 Å². The first-order valence-corrected chi connectivity index (χ1v) is 4.74. The van der Waals surface area contributed by atoms with Crippen LogP contribution in [-0.4, -0.2) is 12.7 Å². The zero-order valence-corrected chi connectivity index (χ0v) is 8.63. The summed E-state index contributed by atoms with van der Waals surface area (Å²) in [5, 5.41) is 2.44. The maximum absolute atomic E-state index is 10.7. The first-order valence-electron chi connectivity index (χ1n) is 3.49. The van der Waals surface area contributed by atoms with E-state index in [-0.39, 0.29) is 6.09 Å². The quantitative estimate of drug-likeness (QED) is 0.628. The van der Waals surface area contributed by atoms with Gasteiger partial charge in [0.2, 0.25) is 0 Å². The number of rotatable bonds is 4. The topological polar surface area (TPSA) is 38.3 Å². The molecule has 0 radical (unpaired) electrons.